The summed E-state index contributed by atoms with van der Waals surface area (Å²) in [6.07, 6.45) is 4.71. The van der Waals surface area contributed by atoms with E-state index in [1.165, 1.54) is 19.3 Å². The predicted molar refractivity (Wildman–Crippen MR) is 92.2 cm³/mol. The molecular formula is C20H23NO2. The maximum atomic E-state index is 5.93. The molecule has 23 heavy (non-hydrogen) atoms. The minimum absolute atomic E-state index is 0.483. The van der Waals surface area contributed by atoms with Crippen molar-refractivity contribution in [3.8, 4) is 11.5 Å². The van der Waals surface area contributed by atoms with Gasteiger partial charge < -0.3 is 14.8 Å². The number of aryl methyl sites for hydroxylation is 1. The Kier molecular flexibility index (Phi) is 3.96. The van der Waals surface area contributed by atoms with Gasteiger partial charge in [0.2, 0.25) is 0 Å². The highest BCUT2D eigenvalue weighted by molar-refractivity contribution is 5.47. The lowest BCUT2D eigenvalue weighted by Gasteiger charge is -2.19. The van der Waals surface area contributed by atoms with Gasteiger partial charge in [0, 0.05) is 18.2 Å². The molecule has 2 fully saturated rings. The van der Waals surface area contributed by atoms with Gasteiger partial charge in [0.1, 0.15) is 11.5 Å². The fourth-order valence-corrected chi connectivity index (χ4v) is 3.65. The minimum atomic E-state index is 0.483. The van der Waals surface area contributed by atoms with Crippen LogP contribution in [0.5, 0.6) is 11.5 Å². The third-order valence-corrected chi connectivity index (χ3v) is 4.98. The predicted octanol–water partition coefficient (Wildman–Crippen LogP) is 4.77. The number of anilines is 1. The van der Waals surface area contributed by atoms with Gasteiger partial charge in [-0.1, -0.05) is 18.2 Å². The summed E-state index contributed by atoms with van der Waals surface area (Å²) in [7, 11) is 0. The molecule has 0 saturated carbocycles. The van der Waals surface area contributed by atoms with E-state index < -0.39 is 0 Å². The molecular weight excluding hydrogens is 286 g/mol. The van der Waals surface area contributed by atoms with E-state index in [-0.39, 0.29) is 0 Å². The van der Waals surface area contributed by atoms with Crippen molar-refractivity contribution in [2.75, 3.05) is 11.9 Å². The third-order valence-electron chi connectivity index (χ3n) is 4.98. The molecule has 2 aliphatic rings. The number of benzene rings is 2. The van der Waals surface area contributed by atoms with E-state index in [1.807, 2.05) is 30.3 Å². The number of fused-ring (bicyclic) bond motifs is 2. The van der Waals surface area contributed by atoms with Crippen molar-refractivity contribution in [1.29, 1.82) is 0 Å². The third kappa shape index (κ3) is 3.20. The Morgan fingerprint density at radius 1 is 1.09 bits per heavy atom. The SMILES string of the molecule is Cc1ccccc1Oc1ccc(NCC2CC3CCC2O3)cc1. The van der Waals surface area contributed by atoms with E-state index >= 15 is 0 Å². The van der Waals surface area contributed by atoms with Crippen LogP contribution in [0.1, 0.15) is 24.8 Å². The second kappa shape index (κ2) is 6.25. The zero-order valence-corrected chi connectivity index (χ0v) is 13.5. The van der Waals surface area contributed by atoms with Gasteiger partial charge in [-0.15, -0.1) is 0 Å². The van der Waals surface area contributed by atoms with Gasteiger partial charge in [-0.25, -0.2) is 0 Å². The van der Waals surface area contributed by atoms with Gasteiger partial charge in [0.05, 0.1) is 12.2 Å². The fourth-order valence-electron chi connectivity index (χ4n) is 3.65. The van der Waals surface area contributed by atoms with E-state index in [0.29, 0.717) is 18.1 Å². The second-order valence-corrected chi connectivity index (χ2v) is 6.64. The fraction of sp³-hybridized carbons (Fsp3) is 0.400. The molecule has 2 aromatic rings. The zero-order valence-electron chi connectivity index (χ0n) is 13.5. The van der Waals surface area contributed by atoms with E-state index in [0.717, 1.165) is 29.3 Å². The lowest BCUT2D eigenvalue weighted by Crippen LogP contribution is -2.24. The molecule has 2 bridgehead atoms. The van der Waals surface area contributed by atoms with E-state index in [9.17, 15) is 0 Å². The first-order chi connectivity index (χ1) is 11.3. The Balaban J connectivity index is 1.34. The van der Waals surface area contributed by atoms with Crippen molar-refractivity contribution in [2.24, 2.45) is 5.92 Å². The van der Waals surface area contributed by atoms with Gasteiger partial charge in [0.25, 0.3) is 0 Å². The summed E-state index contributed by atoms with van der Waals surface area (Å²) in [6, 6.07) is 16.3. The Bertz CT molecular complexity index is 668. The van der Waals surface area contributed by atoms with E-state index in [2.05, 4.69) is 30.4 Å². The van der Waals surface area contributed by atoms with Gasteiger partial charge in [-0.3, -0.25) is 0 Å². The summed E-state index contributed by atoms with van der Waals surface area (Å²) in [6.45, 7) is 3.06. The van der Waals surface area contributed by atoms with Crippen LogP contribution < -0.4 is 10.1 Å². The van der Waals surface area contributed by atoms with Crippen LogP contribution in [0.3, 0.4) is 0 Å². The highest BCUT2D eigenvalue weighted by Gasteiger charge is 2.40. The number of para-hydroxylation sites is 1. The topological polar surface area (TPSA) is 30.5 Å². The number of hydrogen-bond acceptors (Lipinski definition) is 3. The first kappa shape index (κ1) is 14.6. The van der Waals surface area contributed by atoms with Crippen molar-refractivity contribution >= 4 is 5.69 Å². The summed E-state index contributed by atoms with van der Waals surface area (Å²) in [4.78, 5) is 0. The minimum Gasteiger partial charge on any atom is -0.457 e. The van der Waals surface area contributed by atoms with Crippen molar-refractivity contribution in [2.45, 2.75) is 38.4 Å². The van der Waals surface area contributed by atoms with Gasteiger partial charge >= 0.3 is 0 Å². The number of nitrogens with one attached hydrogen (secondary N) is 1. The molecule has 2 heterocycles. The van der Waals surface area contributed by atoms with E-state index in [4.69, 9.17) is 9.47 Å². The number of hydrogen-bond donors (Lipinski definition) is 1. The van der Waals surface area contributed by atoms with E-state index in [1.54, 1.807) is 0 Å². The molecule has 0 radical (unpaired) electrons. The summed E-state index contributed by atoms with van der Waals surface area (Å²) in [5.41, 5.74) is 2.29. The number of rotatable bonds is 5. The molecule has 2 aromatic carbocycles. The first-order valence-corrected chi connectivity index (χ1v) is 8.51. The van der Waals surface area contributed by atoms with Crippen molar-refractivity contribution < 1.29 is 9.47 Å². The monoisotopic (exact) mass is 309 g/mol. The van der Waals surface area contributed by atoms with Crippen LogP contribution >= 0.6 is 0 Å². The molecule has 0 amide bonds. The molecule has 3 atom stereocenters. The Labute approximate surface area is 137 Å². The molecule has 120 valence electrons. The summed E-state index contributed by atoms with van der Waals surface area (Å²) < 4.78 is 11.8. The summed E-state index contributed by atoms with van der Waals surface area (Å²) >= 11 is 0. The highest BCUT2D eigenvalue weighted by Crippen LogP contribution is 2.38. The van der Waals surface area contributed by atoms with Crippen LogP contribution in [0.25, 0.3) is 0 Å². The molecule has 3 unspecified atom stereocenters. The Morgan fingerprint density at radius 3 is 2.61 bits per heavy atom. The quantitative estimate of drug-likeness (QED) is 0.863. The van der Waals surface area contributed by atoms with Crippen molar-refractivity contribution in [1.82, 2.24) is 0 Å². The Hall–Kier alpha value is -2.00. The summed E-state index contributed by atoms with van der Waals surface area (Å²) in [5.74, 6) is 2.44. The zero-order chi connectivity index (χ0) is 15.6. The van der Waals surface area contributed by atoms with Gasteiger partial charge in [-0.2, -0.15) is 0 Å². The average molecular weight is 309 g/mol. The molecule has 3 nitrogen and oxygen atoms in total. The van der Waals surface area contributed by atoms with Crippen LogP contribution in [0.2, 0.25) is 0 Å². The summed E-state index contributed by atoms with van der Waals surface area (Å²) in [5, 5.41) is 3.54. The molecule has 0 aliphatic carbocycles. The van der Waals surface area contributed by atoms with Crippen molar-refractivity contribution in [3.05, 3.63) is 54.1 Å². The molecule has 0 spiro atoms. The molecule has 4 rings (SSSR count). The molecule has 2 aliphatic heterocycles. The lowest BCUT2D eigenvalue weighted by atomic mass is 9.89. The molecule has 2 saturated heterocycles. The maximum Gasteiger partial charge on any atom is 0.130 e. The largest absolute Gasteiger partial charge is 0.457 e. The van der Waals surface area contributed by atoms with Crippen LogP contribution in [0.15, 0.2) is 48.5 Å². The maximum absolute atomic E-state index is 5.93. The van der Waals surface area contributed by atoms with Gasteiger partial charge in [-0.05, 0) is 62.1 Å². The van der Waals surface area contributed by atoms with Crippen LogP contribution in [-0.2, 0) is 4.74 Å². The number of ether oxygens (including phenoxy) is 2. The second-order valence-electron chi connectivity index (χ2n) is 6.64. The smallest absolute Gasteiger partial charge is 0.130 e. The first-order valence-electron chi connectivity index (χ1n) is 8.51. The van der Waals surface area contributed by atoms with Gasteiger partial charge in [0.15, 0.2) is 0 Å². The molecule has 1 N–H and O–H groups in total. The lowest BCUT2D eigenvalue weighted by molar-refractivity contribution is 0.0941. The standard InChI is InChI=1S/C20H23NO2/c1-14-4-2-3-5-19(14)22-17-8-6-16(7-9-17)21-13-15-12-18-10-11-20(15)23-18/h2-9,15,18,20-21H,10-13H2,1H3. The molecule has 3 heteroatoms. The normalized spacial score (nSPS) is 25.5. The average Bonchev–Trinajstić information content (AvgIpc) is 3.19. The van der Waals surface area contributed by atoms with Crippen LogP contribution in [0.4, 0.5) is 5.69 Å². The Morgan fingerprint density at radius 2 is 1.91 bits per heavy atom. The van der Waals surface area contributed by atoms with Crippen LogP contribution in [-0.4, -0.2) is 18.8 Å². The molecule has 0 aromatic heterocycles. The van der Waals surface area contributed by atoms with Crippen molar-refractivity contribution in [3.63, 3.8) is 0 Å². The highest BCUT2D eigenvalue weighted by atomic mass is 16.5. The van der Waals surface area contributed by atoms with Crippen LogP contribution in [0, 0.1) is 12.8 Å².